The number of nitrogens with one attached hydrogen (secondary N) is 3. The predicted octanol–water partition coefficient (Wildman–Crippen LogP) is 4.15. The molecule has 0 fully saturated rings. The molecular formula is C24H25N5O2S. The molecule has 0 saturated carbocycles. The van der Waals surface area contributed by atoms with Gasteiger partial charge in [0.15, 0.2) is 5.82 Å². The second-order valence-electron chi connectivity index (χ2n) is 7.68. The summed E-state index contributed by atoms with van der Waals surface area (Å²) in [7, 11) is 0. The van der Waals surface area contributed by atoms with E-state index in [-0.39, 0.29) is 11.5 Å². The van der Waals surface area contributed by atoms with E-state index in [0.29, 0.717) is 29.2 Å². The normalized spacial score (nSPS) is 12.1. The number of thioether (sulfide) groups is 1. The van der Waals surface area contributed by atoms with Crippen LogP contribution >= 0.6 is 11.8 Å². The molecule has 4 rings (SSSR count). The Balaban J connectivity index is 1.66. The standard InChI is InChI=1S/C24H25N5O2S/c1-14-15(2)26-18-8-7-16(12-17(14)18)24(31)28-19(9-11-32-3)21-13-22(30)29-23(27-21)20-6-4-5-10-25-20/h4-8,10,12-13,19,26H,9,11H2,1-3H3,(H,28,31)(H,27,29,30). The minimum atomic E-state index is -0.399. The summed E-state index contributed by atoms with van der Waals surface area (Å²) in [4.78, 5) is 40.5. The van der Waals surface area contributed by atoms with Gasteiger partial charge in [-0.05, 0) is 68.2 Å². The van der Waals surface area contributed by atoms with E-state index in [1.807, 2.05) is 44.4 Å². The number of amides is 1. The number of pyridine rings is 1. The lowest BCUT2D eigenvalue weighted by Gasteiger charge is -2.18. The molecule has 0 saturated heterocycles. The zero-order chi connectivity index (χ0) is 22.7. The van der Waals surface area contributed by atoms with E-state index in [9.17, 15) is 9.59 Å². The van der Waals surface area contributed by atoms with Crippen molar-refractivity contribution < 1.29 is 4.79 Å². The molecule has 3 N–H and O–H groups in total. The van der Waals surface area contributed by atoms with Crippen molar-refractivity contribution in [3.8, 4) is 11.5 Å². The fourth-order valence-corrected chi connectivity index (χ4v) is 4.12. The number of carbonyl (C=O) groups excluding carboxylic acids is 1. The maximum Gasteiger partial charge on any atom is 0.251 e. The Morgan fingerprint density at radius 2 is 2.00 bits per heavy atom. The first-order chi connectivity index (χ1) is 15.5. The lowest BCUT2D eigenvalue weighted by Crippen LogP contribution is -2.30. The van der Waals surface area contributed by atoms with Crippen LogP contribution in [0.15, 0.2) is 53.5 Å². The van der Waals surface area contributed by atoms with Gasteiger partial charge < -0.3 is 15.3 Å². The second-order valence-corrected chi connectivity index (χ2v) is 8.66. The summed E-state index contributed by atoms with van der Waals surface area (Å²) in [5.74, 6) is 1.00. The lowest BCUT2D eigenvalue weighted by molar-refractivity contribution is 0.0935. The molecule has 164 valence electrons. The first-order valence-corrected chi connectivity index (χ1v) is 11.8. The highest BCUT2D eigenvalue weighted by Crippen LogP contribution is 2.24. The first kappa shape index (κ1) is 21.8. The zero-order valence-electron chi connectivity index (χ0n) is 18.2. The Labute approximate surface area is 190 Å². The van der Waals surface area contributed by atoms with Crippen LogP contribution in [-0.4, -0.2) is 37.9 Å². The summed E-state index contributed by atoms with van der Waals surface area (Å²) in [6, 6.07) is 12.1. The van der Waals surface area contributed by atoms with Crippen LogP contribution in [0.25, 0.3) is 22.4 Å². The lowest BCUT2D eigenvalue weighted by atomic mass is 10.1. The number of benzene rings is 1. The van der Waals surface area contributed by atoms with Crippen LogP contribution in [-0.2, 0) is 0 Å². The number of rotatable bonds is 7. The third kappa shape index (κ3) is 4.60. The monoisotopic (exact) mass is 447 g/mol. The number of aryl methyl sites for hydroxylation is 2. The van der Waals surface area contributed by atoms with Gasteiger partial charge in [-0.2, -0.15) is 11.8 Å². The molecule has 0 aliphatic heterocycles. The Hall–Kier alpha value is -3.39. The van der Waals surface area contributed by atoms with Gasteiger partial charge in [0.05, 0.1) is 11.7 Å². The molecule has 1 amide bonds. The molecule has 4 aromatic rings. The molecule has 0 aliphatic rings. The number of aromatic nitrogens is 4. The summed E-state index contributed by atoms with van der Waals surface area (Å²) in [5, 5.41) is 4.11. The van der Waals surface area contributed by atoms with Gasteiger partial charge in [-0.15, -0.1) is 0 Å². The van der Waals surface area contributed by atoms with E-state index >= 15 is 0 Å². The number of fused-ring (bicyclic) bond motifs is 1. The van der Waals surface area contributed by atoms with Crippen molar-refractivity contribution in [3.63, 3.8) is 0 Å². The van der Waals surface area contributed by atoms with E-state index in [1.165, 1.54) is 6.07 Å². The quantitative estimate of drug-likeness (QED) is 0.395. The molecular weight excluding hydrogens is 422 g/mol. The van der Waals surface area contributed by atoms with Gasteiger partial charge in [0.1, 0.15) is 5.69 Å². The highest BCUT2D eigenvalue weighted by molar-refractivity contribution is 7.98. The molecule has 8 heteroatoms. The summed E-state index contributed by atoms with van der Waals surface area (Å²) >= 11 is 1.68. The molecule has 32 heavy (non-hydrogen) atoms. The second kappa shape index (κ2) is 9.40. The Bertz CT molecular complexity index is 1310. The number of carbonyl (C=O) groups is 1. The molecule has 0 aliphatic carbocycles. The maximum absolute atomic E-state index is 13.1. The van der Waals surface area contributed by atoms with Crippen LogP contribution in [0.1, 0.15) is 39.8 Å². The Kier molecular flexibility index (Phi) is 6.41. The number of hydrogen-bond acceptors (Lipinski definition) is 5. The summed E-state index contributed by atoms with van der Waals surface area (Å²) in [5.41, 5.74) is 4.61. The van der Waals surface area contributed by atoms with Crippen LogP contribution in [0.4, 0.5) is 0 Å². The van der Waals surface area contributed by atoms with Crippen LogP contribution < -0.4 is 10.9 Å². The molecule has 1 unspecified atom stereocenters. The van der Waals surface area contributed by atoms with Crippen LogP contribution in [0.2, 0.25) is 0 Å². The Morgan fingerprint density at radius 3 is 2.75 bits per heavy atom. The van der Waals surface area contributed by atoms with Crippen molar-refractivity contribution in [1.29, 1.82) is 0 Å². The number of nitrogens with zero attached hydrogens (tertiary/aromatic N) is 2. The molecule has 1 aromatic carbocycles. The van der Waals surface area contributed by atoms with Gasteiger partial charge in [0, 0.05) is 34.4 Å². The number of hydrogen-bond donors (Lipinski definition) is 3. The third-order valence-corrected chi connectivity index (χ3v) is 6.16. The average molecular weight is 448 g/mol. The molecule has 0 bridgehead atoms. The molecule has 1 atom stereocenters. The minimum Gasteiger partial charge on any atom is -0.358 e. The minimum absolute atomic E-state index is 0.197. The van der Waals surface area contributed by atoms with Gasteiger partial charge in [-0.1, -0.05) is 6.07 Å². The van der Waals surface area contributed by atoms with Crippen molar-refractivity contribution in [2.24, 2.45) is 0 Å². The maximum atomic E-state index is 13.1. The summed E-state index contributed by atoms with van der Waals surface area (Å²) in [6.07, 6.45) is 4.31. The smallest absolute Gasteiger partial charge is 0.251 e. The van der Waals surface area contributed by atoms with Crippen molar-refractivity contribution >= 4 is 28.6 Å². The van der Waals surface area contributed by atoms with E-state index in [2.05, 4.69) is 25.3 Å². The first-order valence-electron chi connectivity index (χ1n) is 10.4. The van der Waals surface area contributed by atoms with Crippen molar-refractivity contribution in [3.05, 3.63) is 81.5 Å². The van der Waals surface area contributed by atoms with Crippen molar-refractivity contribution in [1.82, 2.24) is 25.3 Å². The highest BCUT2D eigenvalue weighted by atomic mass is 32.2. The fourth-order valence-electron chi connectivity index (χ4n) is 3.65. The molecule has 0 spiro atoms. The van der Waals surface area contributed by atoms with E-state index in [1.54, 1.807) is 30.1 Å². The molecule has 7 nitrogen and oxygen atoms in total. The highest BCUT2D eigenvalue weighted by Gasteiger charge is 2.19. The molecule has 3 aromatic heterocycles. The van der Waals surface area contributed by atoms with Gasteiger partial charge >= 0.3 is 0 Å². The molecule has 3 heterocycles. The molecule has 0 radical (unpaired) electrons. The topological polar surface area (TPSA) is 104 Å². The van der Waals surface area contributed by atoms with Gasteiger partial charge in [-0.25, -0.2) is 4.98 Å². The van der Waals surface area contributed by atoms with E-state index in [0.717, 1.165) is 27.9 Å². The van der Waals surface area contributed by atoms with E-state index in [4.69, 9.17) is 0 Å². The van der Waals surface area contributed by atoms with Gasteiger partial charge in [0.2, 0.25) is 0 Å². The third-order valence-electron chi connectivity index (χ3n) is 5.51. The predicted molar refractivity (Wildman–Crippen MR) is 129 cm³/mol. The van der Waals surface area contributed by atoms with Crippen LogP contribution in [0, 0.1) is 13.8 Å². The number of aromatic amines is 2. The van der Waals surface area contributed by atoms with Crippen molar-refractivity contribution in [2.45, 2.75) is 26.3 Å². The SMILES string of the molecule is CSCCC(NC(=O)c1ccc2[nH]c(C)c(C)c2c1)c1cc(=O)[nH]c(-c2ccccn2)n1. The average Bonchev–Trinajstić information content (AvgIpc) is 3.09. The van der Waals surface area contributed by atoms with E-state index < -0.39 is 6.04 Å². The Morgan fingerprint density at radius 1 is 1.16 bits per heavy atom. The fraction of sp³-hybridized carbons (Fsp3) is 0.250. The summed E-state index contributed by atoms with van der Waals surface area (Å²) < 4.78 is 0. The van der Waals surface area contributed by atoms with Crippen LogP contribution in [0.3, 0.4) is 0 Å². The van der Waals surface area contributed by atoms with Gasteiger partial charge in [-0.3, -0.25) is 14.6 Å². The van der Waals surface area contributed by atoms with Crippen LogP contribution in [0.5, 0.6) is 0 Å². The largest absolute Gasteiger partial charge is 0.358 e. The zero-order valence-corrected chi connectivity index (χ0v) is 19.0. The van der Waals surface area contributed by atoms with Crippen molar-refractivity contribution in [2.75, 3.05) is 12.0 Å². The van der Waals surface area contributed by atoms with Gasteiger partial charge in [0.25, 0.3) is 11.5 Å². The number of H-pyrrole nitrogens is 2. The summed E-state index contributed by atoms with van der Waals surface area (Å²) in [6.45, 7) is 4.06.